The minimum absolute atomic E-state index is 0.691. The van der Waals surface area contributed by atoms with Crippen molar-refractivity contribution in [1.82, 2.24) is 15.1 Å². The maximum absolute atomic E-state index is 5.40. The van der Waals surface area contributed by atoms with Gasteiger partial charge in [-0.2, -0.15) is 0 Å². The van der Waals surface area contributed by atoms with Crippen LogP contribution in [0.3, 0.4) is 0 Å². The van der Waals surface area contributed by atoms with Crippen LogP contribution in [0, 0.1) is 0 Å². The lowest BCUT2D eigenvalue weighted by molar-refractivity contribution is 0.234. The van der Waals surface area contributed by atoms with E-state index in [9.17, 15) is 0 Å². The summed E-state index contributed by atoms with van der Waals surface area (Å²) in [6.45, 7) is 8.93. The second-order valence-electron chi connectivity index (χ2n) is 4.89. The Balaban J connectivity index is 2.27. The molecule has 1 aliphatic rings. The first-order valence-electron chi connectivity index (χ1n) is 6.92. The van der Waals surface area contributed by atoms with E-state index in [1.165, 1.54) is 32.2 Å². The quantitative estimate of drug-likeness (QED) is 0.580. The molecule has 1 aliphatic heterocycles. The average Bonchev–Trinajstić information content (AvgIpc) is 2.76. The topological polar surface area (TPSA) is 18.5 Å². The van der Waals surface area contributed by atoms with Crippen LogP contribution in [0.2, 0.25) is 0 Å². The number of hydrogen-bond donors (Lipinski definition) is 1. The third-order valence-corrected chi connectivity index (χ3v) is 4.00. The molecule has 0 aliphatic carbocycles. The van der Waals surface area contributed by atoms with Gasteiger partial charge in [0.25, 0.3) is 0 Å². The molecule has 1 fully saturated rings. The van der Waals surface area contributed by atoms with Crippen LogP contribution in [0.25, 0.3) is 0 Å². The molecule has 100 valence electrons. The van der Waals surface area contributed by atoms with Gasteiger partial charge >= 0.3 is 0 Å². The van der Waals surface area contributed by atoms with Gasteiger partial charge in [-0.25, -0.2) is 0 Å². The first-order valence-corrected chi connectivity index (χ1v) is 7.32. The molecular weight excluding hydrogens is 230 g/mol. The number of hydrogen-bond acceptors (Lipinski definition) is 2. The lowest BCUT2D eigenvalue weighted by Gasteiger charge is -2.29. The lowest BCUT2D eigenvalue weighted by Crippen LogP contribution is -2.45. The summed E-state index contributed by atoms with van der Waals surface area (Å²) >= 11 is 5.40. The van der Waals surface area contributed by atoms with Crippen LogP contribution in [0.5, 0.6) is 0 Å². The Morgan fingerprint density at radius 3 is 2.88 bits per heavy atom. The van der Waals surface area contributed by atoms with Gasteiger partial charge in [0.15, 0.2) is 5.11 Å². The number of nitrogens with zero attached hydrogens (tertiary/aromatic N) is 2. The van der Waals surface area contributed by atoms with Crippen LogP contribution in [0.4, 0.5) is 0 Å². The molecule has 1 heterocycles. The van der Waals surface area contributed by atoms with Crippen LogP contribution in [0.1, 0.15) is 39.5 Å². The molecular formula is C13H27N3S. The van der Waals surface area contributed by atoms with E-state index in [2.05, 4.69) is 36.0 Å². The van der Waals surface area contributed by atoms with Crippen molar-refractivity contribution >= 4 is 17.3 Å². The zero-order valence-corrected chi connectivity index (χ0v) is 12.4. The molecule has 1 rings (SSSR count). The fourth-order valence-electron chi connectivity index (χ4n) is 2.42. The molecule has 17 heavy (non-hydrogen) atoms. The molecule has 4 heteroatoms. The fourth-order valence-corrected chi connectivity index (χ4v) is 2.60. The number of thiocarbonyl (C=S) groups is 1. The van der Waals surface area contributed by atoms with E-state index < -0.39 is 0 Å². The predicted molar refractivity (Wildman–Crippen MR) is 78.4 cm³/mol. The average molecular weight is 257 g/mol. The van der Waals surface area contributed by atoms with E-state index in [0.717, 1.165) is 24.7 Å². The third-order valence-electron chi connectivity index (χ3n) is 3.54. The number of nitrogens with one attached hydrogen (secondary N) is 1. The summed E-state index contributed by atoms with van der Waals surface area (Å²) in [5.41, 5.74) is 0. The van der Waals surface area contributed by atoms with Gasteiger partial charge in [0, 0.05) is 26.2 Å². The maximum atomic E-state index is 5.40. The van der Waals surface area contributed by atoms with Gasteiger partial charge < -0.3 is 10.2 Å². The number of rotatable bonds is 6. The van der Waals surface area contributed by atoms with Crippen LogP contribution in [0.15, 0.2) is 0 Å². The molecule has 1 saturated heterocycles. The second kappa shape index (κ2) is 7.88. The number of likely N-dealkylation sites (tertiary alicyclic amines) is 1. The number of unbranched alkanes of at least 4 members (excludes halogenated alkanes) is 1. The normalized spacial score (nSPS) is 20.5. The molecule has 0 bridgehead atoms. The van der Waals surface area contributed by atoms with Crippen LogP contribution in [-0.4, -0.2) is 54.2 Å². The fraction of sp³-hybridized carbons (Fsp3) is 0.923. The summed E-state index contributed by atoms with van der Waals surface area (Å²) in [6, 6.07) is 0.691. The lowest BCUT2D eigenvalue weighted by atomic mass is 10.2. The first kappa shape index (κ1) is 14.7. The second-order valence-corrected chi connectivity index (χ2v) is 5.28. The van der Waals surface area contributed by atoms with Crippen molar-refractivity contribution in [2.24, 2.45) is 0 Å². The Hall–Kier alpha value is -0.350. The highest BCUT2D eigenvalue weighted by Gasteiger charge is 2.24. The molecule has 0 aromatic carbocycles. The van der Waals surface area contributed by atoms with Gasteiger partial charge in [-0.05, 0) is 44.6 Å². The van der Waals surface area contributed by atoms with Crippen LogP contribution < -0.4 is 5.32 Å². The van der Waals surface area contributed by atoms with E-state index in [-0.39, 0.29) is 0 Å². The highest BCUT2D eigenvalue weighted by molar-refractivity contribution is 7.80. The van der Waals surface area contributed by atoms with Gasteiger partial charge in [-0.15, -0.1) is 0 Å². The maximum Gasteiger partial charge on any atom is 0.168 e. The summed E-state index contributed by atoms with van der Waals surface area (Å²) in [5.74, 6) is 0. The minimum Gasteiger partial charge on any atom is -0.363 e. The van der Waals surface area contributed by atoms with Crippen molar-refractivity contribution in [3.63, 3.8) is 0 Å². The first-order chi connectivity index (χ1) is 8.19. The van der Waals surface area contributed by atoms with Gasteiger partial charge in [0.2, 0.25) is 0 Å². The standard InChI is InChI=1S/C13H27N3S/c1-4-6-9-14-13(17)15(3)11-12-8-7-10-16(12)5-2/h12H,4-11H2,1-3H3,(H,14,17). The van der Waals surface area contributed by atoms with Gasteiger partial charge in [-0.3, -0.25) is 4.90 Å². The zero-order chi connectivity index (χ0) is 12.7. The van der Waals surface area contributed by atoms with E-state index >= 15 is 0 Å². The van der Waals surface area contributed by atoms with E-state index in [4.69, 9.17) is 12.2 Å². The Morgan fingerprint density at radius 2 is 2.24 bits per heavy atom. The Bertz CT molecular complexity index is 233. The molecule has 1 N–H and O–H groups in total. The monoisotopic (exact) mass is 257 g/mol. The zero-order valence-electron chi connectivity index (χ0n) is 11.5. The highest BCUT2D eigenvalue weighted by Crippen LogP contribution is 2.17. The van der Waals surface area contributed by atoms with Crippen LogP contribution >= 0.6 is 12.2 Å². The van der Waals surface area contributed by atoms with E-state index in [0.29, 0.717) is 6.04 Å². The van der Waals surface area contributed by atoms with Gasteiger partial charge in [0.1, 0.15) is 0 Å². The summed E-state index contributed by atoms with van der Waals surface area (Å²) < 4.78 is 0. The summed E-state index contributed by atoms with van der Waals surface area (Å²) in [4.78, 5) is 4.76. The highest BCUT2D eigenvalue weighted by atomic mass is 32.1. The molecule has 0 aromatic rings. The van der Waals surface area contributed by atoms with Crippen molar-refractivity contribution in [3.05, 3.63) is 0 Å². The van der Waals surface area contributed by atoms with Gasteiger partial charge in [-0.1, -0.05) is 20.3 Å². The molecule has 0 amide bonds. The van der Waals surface area contributed by atoms with Crippen molar-refractivity contribution < 1.29 is 0 Å². The van der Waals surface area contributed by atoms with E-state index in [1.807, 2.05) is 0 Å². The molecule has 1 unspecified atom stereocenters. The Kier molecular flexibility index (Phi) is 6.82. The Labute approximate surface area is 112 Å². The minimum atomic E-state index is 0.691. The van der Waals surface area contributed by atoms with Crippen molar-refractivity contribution in [2.75, 3.05) is 33.2 Å². The van der Waals surface area contributed by atoms with Crippen molar-refractivity contribution in [3.8, 4) is 0 Å². The van der Waals surface area contributed by atoms with Gasteiger partial charge in [0.05, 0.1) is 0 Å². The molecule has 3 nitrogen and oxygen atoms in total. The van der Waals surface area contributed by atoms with E-state index in [1.54, 1.807) is 0 Å². The molecule has 0 saturated carbocycles. The molecule has 0 spiro atoms. The third kappa shape index (κ3) is 4.80. The molecule has 0 radical (unpaired) electrons. The SMILES string of the molecule is CCCCNC(=S)N(C)CC1CCCN1CC. The largest absolute Gasteiger partial charge is 0.363 e. The predicted octanol–water partition coefficient (Wildman–Crippen LogP) is 2.08. The van der Waals surface area contributed by atoms with Crippen molar-refractivity contribution in [2.45, 2.75) is 45.6 Å². The summed E-state index contributed by atoms with van der Waals surface area (Å²) in [6.07, 6.45) is 5.06. The van der Waals surface area contributed by atoms with Crippen molar-refractivity contribution in [1.29, 1.82) is 0 Å². The smallest absolute Gasteiger partial charge is 0.168 e. The molecule has 1 atom stereocenters. The summed E-state index contributed by atoms with van der Waals surface area (Å²) in [7, 11) is 2.10. The number of likely N-dealkylation sites (N-methyl/N-ethyl adjacent to an activating group) is 2. The summed E-state index contributed by atoms with van der Waals surface area (Å²) in [5, 5.41) is 4.23. The Morgan fingerprint density at radius 1 is 1.47 bits per heavy atom. The molecule has 0 aromatic heterocycles. The van der Waals surface area contributed by atoms with Crippen LogP contribution in [-0.2, 0) is 0 Å².